The lowest BCUT2D eigenvalue weighted by molar-refractivity contribution is 0.284. The number of allylic oxidation sites excluding steroid dienone is 2. The molecule has 3 aliphatic carbocycles. The van der Waals surface area contributed by atoms with Crippen LogP contribution in [0.2, 0.25) is 0 Å². The summed E-state index contributed by atoms with van der Waals surface area (Å²) in [6.45, 7) is 2.42. The van der Waals surface area contributed by atoms with E-state index in [1.54, 1.807) is 5.57 Å². The number of rotatable bonds is 5. The minimum absolute atomic E-state index is 0.0702. The van der Waals surface area contributed by atoms with Crippen LogP contribution in [-0.4, -0.2) is 9.97 Å². The molecule has 6 aromatic carbocycles. The molecule has 1 heterocycles. The Bertz CT molecular complexity index is 2410. The summed E-state index contributed by atoms with van der Waals surface area (Å²) in [6.07, 6.45) is 7.64. The average Bonchev–Trinajstić information content (AvgIpc) is 3.49. The molecule has 0 saturated heterocycles. The van der Waals surface area contributed by atoms with Crippen molar-refractivity contribution in [1.29, 1.82) is 0 Å². The van der Waals surface area contributed by atoms with Gasteiger partial charge in [0.05, 0.1) is 11.4 Å². The highest BCUT2D eigenvalue weighted by Crippen LogP contribution is 2.61. The summed E-state index contributed by atoms with van der Waals surface area (Å²) in [5.74, 6) is 2.16. The van der Waals surface area contributed by atoms with Crippen molar-refractivity contribution >= 4 is 0 Å². The van der Waals surface area contributed by atoms with Gasteiger partial charge in [-0.3, -0.25) is 0 Å². The van der Waals surface area contributed by atoms with Crippen molar-refractivity contribution in [3.63, 3.8) is 0 Å². The minimum atomic E-state index is -0.0702. The summed E-state index contributed by atoms with van der Waals surface area (Å²) in [5.41, 5.74) is 17.5. The molecule has 0 amide bonds. The molecule has 2 nitrogen and oxygen atoms in total. The maximum absolute atomic E-state index is 5.08. The summed E-state index contributed by atoms with van der Waals surface area (Å²) in [5, 5.41) is 0. The molecule has 0 radical (unpaired) electrons. The lowest BCUT2D eigenvalue weighted by Gasteiger charge is -2.45. The number of fused-ring (bicyclic) bond motifs is 8. The van der Waals surface area contributed by atoms with Crippen molar-refractivity contribution in [2.75, 3.05) is 0 Å². The van der Waals surface area contributed by atoms with Crippen LogP contribution in [0.5, 0.6) is 0 Å². The third-order valence-corrected chi connectivity index (χ3v) is 11.9. The van der Waals surface area contributed by atoms with Gasteiger partial charge in [0.2, 0.25) is 0 Å². The van der Waals surface area contributed by atoms with Crippen LogP contribution in [0.3, 0.4) is 0 Å². The van der Waals surface area contributed by atoms with Crippen LogP contribution in [0.15, 0.2) is 169 Å². The largest absolute Gasteiger partial charge is 0.228 e. The van der Waals surface area contributed by atoms with Crippen molar-refractivity contribution < 1.29 is 0 Å². The Balaban J connectivity index is 1.06. The molecule has 2 heteroatoms. The van der Waals surface area contributed by atoms with Crippen molar-refractivity contribution in [2.45, 2.75) is 38.0 Å². The molecule has 0 N–H and O–H groups in total. The van der Waals surface area contributed by atoms with Gasteiger partial charge in [-0.25, -0.2) is 9.97 Å². The van der Waals surface area contributed by atoms with Gasteiger partial charge in [0.25, 0.3) is 0 Å². The van der Waals surface area contributed by atoms with E-state index in [9.17, 15) is 0 Å². The molecule has 3 atom stereocenters. The fourth-order valence-corrected chi connectivity index (χ4v) is 9.43. The molecule has 250 valence electrons. The SMILES string of the molecule is CC1C=C2CC(CCC23c2cc(-c4ccccc4)ccc2-c2ccc(-c4ccc(-c5cc(-c6ccccc6)nc(-c6ccccc6)n5)cc4)cc23)C1. The van der Waals surface area contributed by atoms with Gasteiger partial charge >= 0.3 is 0 Å². The molecule has 7 aromatic rings. The second-order valence-corrected chi connectivity index (χ2v) is 15.1. The van der Waals surface area contributed by atoms with Gasteiger partial charge in [0, 0.05) is 22.1 Å². The average molecular weight is 669 g/mol. The molecular weight excluding hydrogens is 629 g/mol. The van der Waals surface area contributed by atoms with Crippen LogP contribution < -0.4 is 0 Å². The molecule has 1 saturated carbocycles. The molecule has 1 fully saturated rings. The standard InChI is InChI=1S/C50H40N2/c1-33-27-34-25-26-50(42(28-33)29-34)45-30-40(35-11-5-2-6-12-35)21-23-43(45)44-24-22-41(31-46(44)50)36-17-19-38(20-18-36)48-32-47(37-13-7-3-8-14-37)51-49(52-48)39-15-9-4-10-16-39/h2-24,28,30-34H,25-27,29H2,1H3. The summed E-state index contributed by atoms with van der Waals surface area (Å²) >= 11 is 0. The van der Waals surface area contributed by atoms with Gasteiger partial charge in [-0.15, -0.1) is 0 Å². The maximum atomic E-state index is 5.08. The lowest BCUT2D eigenvalue weighted by atomic mass is 9.58. The first-order valence-electron chi connectivity index (χ1n) is 18.8. The molecule has 0 aliphatic heterocycles. The second-order valence-electron chi connectivity index (χ2n) is 15.1. The van der Waals surface area contributed by atoms with Crippen molar-refractivity contribution in [3.05, 3.63) is 181 Å². The summed E-state index contributed by atoms with van der Waals surface area (Å²) < 4.78 is 0. The first-order chi connectivity index (χ1) is 25.6. The smallest absolute Gasteiger partial charge is 0.160 e. The van der Waals surface area contributed by atoms with Crippen LogP contribution in [0.25, 0.3) is 67.3 Å². The van der Waals surface area contributed by atoms with Crippen LogP contribution in [0, 0.1) is 11.8 Å². The summed E-state index contributed by atoms with van der Waals surface area (Å²) in [4.78, 5) is 10.1. The Morgan fingerprint density at radius 2 is 0.981 bits per heavy atom. The first-order valence-corrected chi connectivity index (χ1v) is 18.8. The van der Waals surface area contributed by atoms with E-state index in [4.69, 9.17) is 9.97 Å². The van der Waals surface area contributed by atoms with Gasteiger partial charge in [-0.05, 0) is 100 Å². The Morgan fingerprint density at radius 3 is 1.58 bits per heavy atom. The zero-order chi connectivity index (χ0) is 34.6. The number of nitrogens with zero attached hydrogens (tertiary/aromatic N) is 2. The van der Waals surface area contributed by atoms with E-state index in [0.717, 1.165) is 39.8 Å². The molecule has 2 bridgehead atoms. The van der Waals surface area contributed by atoms with Gasteiger partial charge in [-0.2, -0.15) is 0 Å². The van der Waals surface area contributed by atoms with Crippen molar-refractivity contribution in [1.82, 2.24) is 9.97 Å². The Labute approximate surface area is 306 Å². The van der Waals surface area contributed by atoms with Gasteiger partial charge in [0.1, 0.15) is 0 Å². The van der Waals surface area contributed by atoms with Crippen LogP contribution >= 0.6 is 0 Å². The highest BCUT2D eigenvalue weighted by atomic mass is 14.9. The zero-order valence-electron chi connectivity index (χ0n) is 29.5. The molecule has 52 heavy (non-hydrogen) atoms. The number of aromatic nitrogens is 2. The van der Waals surface area contributed by atoms with E-state index in [0.29, 0.717) is 5.92 Å². The first kappa shape index (κ1) is 30.9. The third kappa shape index (κ3) is 5.16. The Kier molecular flexibility index (Phi) is 7.39. The summed E-state index contributed by atoms with van der Waals surface area (Å²) in [7, 11) is 0. The van der Waals surface area contributed by atoms with Crippen LogP contribution in [-0.2, 0) is 5.41 Å². The van der Waals surface area contributed by atoms with E-state index >= 15 is 0 Å². The van der Waals surface area contributed by atoms with E-state index < -0.39 is 0 Å². The quantitative estimate of drug-likeness (QED) is 0.171. The zero-order valence-corrected chi connectivity index (χ0v) is 29.5. The predicted molar refractivity (Wildman–Crippen MR) is 215 cm³/mol. The molecule has 10 rings (SSSR count). The summed E-state index contributed by atoms with van der Waals surface area (Å²) in [6, 6.07) is 57.2. The fourth-order valence-electron chi connectivity index (χ4n) is 9.43. The van der Waals surface area contributed by atoms with Crippen molar-refractivity contribution in [3.8, 4) is 67.3 Å². The lowest BCUT2D eigenvalue weighted by Crippen LogP contribution is -2.36. The second kappa shape index (κ2) is 12.4. The third-order valence-electron chi connectivity index (χ3n) is 11.9. The molecular formula is C50H40N2. The Morgan fingerprint density at radius 1 is 0.500 bits per heavy atom. The Hall–Kier alpha value is -5.86. The number of hydrogen-bond acceptors (Lipinski definition) is 2. The normalized spacial score (nSPS) is 19.9. The minimum Gasteiger partial charge on any atom is -0.228 e. The molecule has 1 aromatic heterocycles. The van der Waals surface area contributed by atoms with E-state index in [-0.39, 0.29) is 5.41 Å². The highest BCUT2D eigenvalue weighted by Gasteiger charge is 2.49. The number of benzene rings is 6. The predicted octanol–water partition coefficient (Wildman–Crippen LogP) is 12.8. The topological polar surface area (TPSA) is 25.8 Å². The van der Waals surface area contributed by atoms with Crippen molar-refractivity contribution in [2.24, 2.45) is 11.8 Å². The maximum Gasteiger partial charge on any atom is 0.160 e. The van der Waals surface area contributed by atoms with E-state index in [1.165, 1.54) is 70.2 Å². The van der Waals surface area contributed by atoms with Crippen LogP contribution in [0.1, 0.15) is 43.7 Å². The van der Waals surface area contributed by atoms with E-state index in [2.05, 4.69) is 146 Å². The molecule has 1 spiro atoms. The fraction of sp³-hybridized carbons (Fsp3) is 0.160. The molecule has 3 aliphatic rings. The van der Waals surface area contributed by atoms with Crippen LogP contribution in [0.4, 0.5) is 0 Å². The monoisotopic (exact) mass is 668 g/mol. The number of hydrogen-bond donors (Lipinski definition) is 0. The van der Waals surface area contributed by atoms with Gasteiger partial charge < -0.3 is 0 Å². The van der Waals surface area contributed by atoms with Gasteiger partial charge in [0.15, 0.2) is 5.82 Å². The highest BCUT2D eigenvalue weighted by molar-refractivity contribution is 5.88. The van der Waals surface area contributed by atoms with Gasteiger partial charge in [-0.1, -0.05) is 158 Å². The molecule has 3 unspecified atom stereocenters. The van der Waals surface area contributed by atoms with E-state index in [1.807, 2.05) is 24.3 Å².